The topological polar surface area (TPSA) is 86.7 Å². The maximum absolute atomic E-state index is 10.2. The molecular formula is C7H15NaO5S. The van der Waals surface area contributed by atoms with E-state index in [0.29, 0.717) is 6.61 Å². The van der Waals surface area contributed by atoms with Crippen molar-refractivity contribution in [2.45, 2.75) is 25.9 Å². The van der Waals surface area contributed by atoms with Gasteiger partial charge in [-0.3, -0.25) is 0 Å². The first-order chi connectivity index (χ1) is 5.95. The molecule has 0 spiro atoms. The Labute approximate surface area is 107 Å². The Hall–Kier alpha value is 0.830. The summed E-state index contributed by atoms with van der Waals surface area (Å²) in [7, 11) is -4.35. The largest absolute Gasteiger partial charge is 1.00 e. The van der Waals surface area contributed by atoms with Gasteiger partial charge in [0.25, 0.3) is 0 Å². The number of aliphatic hydroxyl groups is 1. The molecule has 7 heteroatoms. The fraction of sp³-hybridized carbons (Fsp3) is 1.00. The van der Waals surface area contributed by atoms with E-state index < -0.39 is 22.0 Å². The summed E-state index contributed by atoms with van der Waals surface area (Å²) in [6.45, 7) is 2.37. The van der Waals surface area contributed by atoms with Crippen molar-refractivity contribution in [1.82, 2.24) is 0 Å². The van der Waals surface area contributed by atoms with E-state index in [4.69, 9.17) is 9.84 Å². The van der Waals surface area contributed by atoms with Crippen molar-refractivity contribution < 1.29 is 52.4 Å². The monoisotopic (exact) mass is 234 g/mol. The molecule has 0 aromatic rings. The first-order valence-electron chi connectivity index (χ1n) is 4.15. The Kier molecular flexibility index (Phi) is 11.2. The molecule has 0 amide bonds. The molecule has 1 N–H and O–H groups in total. The summed E-state index contributed by atoms with van der Waals surface area (Å²) in [6.07, 6.45) is 0.617. The van der Waals surface area contributed by atoms with Crippen molar-refractivity contribution in [3.63, 3.8) is 0 Å². The summed E-state index contributed by atoms with van der Waals surface area (Å²) >= 11 is 0. The zero-order valence-electron chi connectivity index (χ0n) is 8.60. The molecular weight excluding hydrogens is 219 g/mol. The Morgan fingerprint density at radius 3 is 2.50 bits per heavy atom. The third-order valence-corrected chi connectivity index (χ3v) is 2.14. The number of unbranched alkanes of at least 4 members (excludes halogenated alkanes) is 1. The predicted molar refractivity (Wildman–Crippen MR) is 46.3 cm³/mol. The molecule has 0 saturated carbocycles. The van der Waals surface area contributed by atoms with Gasteiger partial charge in [-0.1, -0.05) is 13.3 Å². The van der Waals surface area contributed by atoms with Gasteiger partial charge >= 0.3 is 29.6 Å². The van der Waals surface area contributed by atoms with Crippen LogP contribution in [0.25, 0.3) is 0 Å². The molecule has 0 heterocycles. The minimum atomic E-state index is -4.35. The van der Waals surface area contributed by atoms with Crippen molar-refractivity contribution in [1.29, 1.82) is 0 Å². The van der Waals surface area contributed by atoms with Crippen molar-refractivity contribution in [3.05, 3.63) is 0 Å². The van der Waals surface area contributed by atoms with Crippen molar-refractivity contribution in [2.24, 2.45) is 0 Å². The van der Waals surface area contributed by atoms with Gasteiger partial charge in [-0.15, -0.1) is 0 Å². The molecule has 5 nitrogen and oxygen atoms in total. The van der Waals surface area contributed by atoms with Crippen LogP contribution in [0.15, 0.2) is 0 Å². The maximum atomic E-state index is 10.2. The SMILES string of the molecule is CCCCOCC(O)CS(=O)(=O)[O-].[Na+]. The number of hydrogen-bond donors (Lipinski definition) is 1. The zero-order chi connectivity index (χ0) is 10.3. The maximum Gasteiger partial charge on any atom is 1.00 e. The van der Waals surface area contributed by atoms with Crippen molar-refractivity contribution in [2.75, 3.05) is 19.0 Å². The molecule has 0 aliphatic carbocycles. The summed E-state index contributed by atoms with van der Waals surface area (Å²) < 4.78 is 35.4. The molecule has 1 atom stereocenters. The van der Waals surface area contributed by atoms with Crippen molar-refractivity contribution in [3.8, 4) is 0 Å². The molecule has 0 radical (unpaired) electrons. The molecule has 0 aromatic carbocycles. The number of aliphatic hydroxyl groups excluding tert-OH is 1. The Morgan fingerprint density at radius 2 is 2.07 bits per heavy atom. The van der Waals surface area contributed by atoms with Crippen LogP contribution in [0.5, 0.6) is 0 Å². The molecule has 14 heavy (non-hydrogen) atoms. The Balaban J connectivity index is 0. The Bertz CT molecular complexity index is 216. The average Bonchev–Trinajstić information content (AvgIpc) is 1.94. The molecule has 0 saturated heterocycles. The fourth-order valence-electron chi connectivity index (χ4n) is 0.750. The first kappa shape index (κ1) is 17.2. The predicted octanol–water partition coefficient (Wildman–Crippen LogP) is -3.29. The third-order valence-electron chi connectivity index (χ3n) is 1.35. The van der Waals surface area contributed by atoms with E-state index in [1.165, 1.54) is 0 Å². The van der Waals surface area contributed by atoms with Crippen LogP contribution in [0.3, 0.4) is 0 Å². The Morgan fingerprint density at radius 1 is 1.50 bits per heavy atom. The van der Waals surface area contributed by atoms with Gasteiger partial charge in [-0.25, -0.2) is 8.42 Å². The van der Waals surface area contributed by atoms with Crippen LogP contribution in [-0.2, 0) is 14.9 Å². The van der Waals surface area contributed by atoms with Gasteiger partial charge in [-0.05, 0) is 6.42 Å². The van der Waals surface area contributed by atoms with Gasteiger partial charge in [0, 0.05) is 6.61 Å². The van der Waals surface area contributed by atoms with E-state index >= 15 is 0 Å². The molecule has 0 aliphatic heterocycles. The normalized spacial score (nSPS) is 13.4. The molecule has 80 valence electrons. The van der Waals surface area contributed by atoms with Crippen LogP contribution in [0.1, 0.15) is 19.8 Å². The van der Waals surface area contributed by atoms with Gasteiger partial charge in [0.2, 0.25) is 0 Å². The summed E-state index contributed by atoms with van der Waals surface area (Å²) in [5.41, 5.74) is 0. The van der Waals surface area contributed by atoms with Crippen LogP contribution in [0, 0.1) is 0 Å². The van der Waals surface area contributed by atoms with E-state index in [0.717, 1.165) is 12.8 Å². The van der Waals surface area contributed by atoms with Gasteiger partial charge < -0.3 is 14.4 Å². The van der Waals surface area contributed by atoms with Crippen LogP contribution in [0.4, 0.5) is 0 Å². The average molecular weight is 234 g/mol. The summed E-state index contributed by atoms with van der Waals surface area (Å²) in [5, 5.41) is 8.98. The first-order valence-corrected chi connectivity index (χ1v) is 5.73. The van der Waals surface area contributed by atoms with Gasteiger partial charge in [0.05, 0.1) is 28.6 Å². The van der Waals surface area contributed by atoms with Crippen LogP contribution >= 0.6 is 0 Å². The second-order valence-corrected chi connectivity index (χ2v) is 4.26. The van der Waals surface area contributed by atoms with E-state index in [1.807, 2.05) is 6.92 Å². The van der Waals surface area contributed by atoms with E-state index in [9.17, 15) is 13.0 Å². The standard InChI is InChI=1S/C7H16O5S.Na/c1-2-3-4-12-5-7(8)6-13(9,10)11;/h7-8H,2-6H2,1H3,(H,9,10,11);/q;+1/p-1. The minimum absolute atomic E-state index is 0. The van der Waals surface area contributed by atoms with Gasteiger partial charge in [-0.2, -0.15) is 0 Å². The summed E-state index contributed by atoms with van der Waals surface area (Å²) in [6, 6.07) is 0. The fourth-order valence-corrected chi connectivity index (χ4v) is 1.32. The smallest absolute Gasteiger partial charge is 0.748 e. The quantitative estimate of drug-likeness (QED) is 0.283. The van der Waals surface area contributed by atoms with Crippen molar-refractivity contribution >= 4 is 10.1 Å². The second kappa shape index (κ2) is 9.08. The van der Waals surface area contributed by atoms with Gasteiger partial charge in [0.15, 0.2) is 0 Å². The van der Waals surface area contributed by atoms with Gasteiger partial charge in [0.1, 0.15) is 0 Å². The molecule has 1 unspecified atom stereocenters. The molecule has 0 aromatic heterocycles. The summed E-state index contributed by atoms with van der Waals surface area (Å²) in [4.78, 5) is 0. The number of ether oxygens (including phenoxy) is 1. The zero-order valence-corrected chi connectivity index (χ0v) is 11.4. The van der Waals surface area contributed by atoms with Crippen LogP contribution in [0.2, 0.25) is 0 Å². The van der Waals surface area contributed by atoms with E-state index in [2.05, 4.69) is 0 Å². The van der Waals surface area contributed by atoms with Crippen LogP contribution < -0.4 is 29.6 Å². The van der Waals surface area contributed by atoms with Crippen LogP contribution in [-0.4, -0.2) is 43.1 Å². The summed E-state index contributed by atoms with van der Waals surface area (Å²) in [5.74, 6) is -0.779. The van der Waals surface area contributed by atoms with E-state index in [1.54, 1.807) is 0 Å². The minimum Gasteiger partial charge on any atom is -0.748 e. The molecule has 0 rings (SSSR count). The number of hydrogen-bond acceptors (Lipinski definition) is 5. The number of rotatable bonds is 7. The molecule has 0 bridgehead atoms. The third kappa shape index (κ3) is 12.8. The molecule has 0 fully saturated rings. The second-order valence-electron chi connectivity index (χ2n) is 2.81. The molecule has 0 aliphatic rings. The van der Waals surface area contributed by atoms with E-state index in [-0.39, 0.29) is 36.2 Å².